The fourth-order valence-corrected chi connectivity index (χ4v) is 2.87. The molecule has 0 saturated carbocycles. The Morgan fingerprint density at radius 2 is 1.42 bits per heavy atom. The predicted molar refractivity (Wildman–Crippen MR) is 107 cm³/mol. The van der Waals surface area contributed by atoms with Crippen LogP contribution in [0.25, 0.3) is 0 Å². The Hall–Kier alpha value is -4.28. The summed E-state index contributed by atoms with van der Waals surface area (Å²) in [5.74, 6) is -5.40. The van der Waals surface area contributed by atoms with Crippen molar-refractivity contribution in [2.45, 2.75) is 18.6 Å². The summed E-state index contributed by atoms with van der Waals surface area (Å²) in [7, 11) is 0. The van der Waals surface area contributed by atoms with Crippen LogP contribution < -0.4 is 10.2 Å². The first-order chi connectivity index (χ1) is 15.6. The maximum atomic E-state index is 12.7. The Labute approximate surface area is 184 Å². The van der Waals surface area contributed by atoms with Crippen molar-refractivity contribution in [1.29, 1.82) is 0 Å². The van der Waals surface area contributed by atoms with Crippen LogP contribution in [0.5, 0.6) is 11.8 Å². The van der Waals surface area contributed by atoms with Gasteiger partial charge in [-0.25, -0.2) is 4.79 Å². The molecule has 1 unspecified atom stereocenters. The number of nitrogens with one attached hydrogen (secondary N) is 1. The molecule has 0 bridgehead atoms. The molecule has 2 aromatic carbocycles. The summed E-state index contributed by atoms with van der Waals surface area (Å²) in [5, 5.41) is 20.7. The molecule has 8 nitrogen and oxygen atoms in total. The first-order valence-electron chi connectivity index (χ1n) is 9.44. The van der Waals surface area contributed by atoms with Crippen molar-refractivity contribution in [3.63, 3.8) is 0 Å². The number of amides is 1. The number of aromatic nitrogens is 1. The molecule has 1 aromatic heterocycles. The summed E-state index contributed by atoms with van der Waals surface area (Å²) in [6.45, 7) is 0. The lowest BCUT2D eigenvalue weighted by molar-refractivity contribution is -0.176. The number of hydrogen-bond donors (Lipinski definition) is 3. The number of halogens is 3. The maximum Gasteiger partial charge on any atom is 0.471 e. The highest BCUT2D eigenvalue weighted by molar-refractivity contribution is 6.08. The van der Waals surface area contributed by atoms with E-state index in [1.807, 2.05) is 0 Å². The number of hydrogen-bond acceptors (Lipinski definition) is 6. The predicted octanol–water partition coefficient (Wildman–Crippen LogP) is 2.38. The molecule has 11 heteroatoms. The summed E-state index contributed by atoms with van der Waals surface area (Å²) in [4.78, 5) is 41.1. The van der Waals surface area contributed by atoms with E-state index in [2.05, 4.69) is 0 Å². The van der Waals surface area contributed by atoms with E-state index in [1.54, 1.807) is 30.3 Å². The molecule has 0 aliphatic heterocycles. The molecule has 172 valence electrons. The first-order valence-corrected chi connectivity index (χ1v) is 9.44. The van der Waals surface area contributed by atoms with Gasteiger partial charge in [-0.3, -0.25) is 9.59 Å². The number of aromatic hydroxyl groups is 2. The van der Waals surface area contributed by atoms with Gasteiger partial charge in [0.25, 0.3) is 0 Å². The maximum absolute atomic E-state index is 12.7. The normalized spacial score (nSPS) is 12.1. The molecule has 3 rings (SSSR count). The van der Waals surface area contributed by atoms with Crippen LogP contribution in [0.3, 0.4) is 0 Å². The van der Waals surface area contributed by atoms with Crippen molar-refractivity contribution in [2.75, 3.05) is 0 Å². The van der Waals surface area contributed by atoms with Gasteiger partial charge in [-0.15, -0.1) is 4.73 Å². The summed E-state index contributed by atoms with van der Waals surface area (Å²) < 4.78 is 38.5. The lowest BCUT2D eigenvalue weighted by atomic mass is 9.99. The van der Waals surface area contributed by atoms with Crippen molar-refractivity contribution in [1.82, 2.24) is 10.0 Å². The summed E-state index contributed by atoms with van der Waals surface area (Å²) >= 11 is 0. The number of carbonyl (C=O) groups is 3. The molecular weight excluding hydrogens is 445 g/mol. The lowest BCUT2D eigenvalue weighted by Gasteiger charge is -2.19. The Morgan fingerprint density at radius 1 is 0.879 bits per heavy atom. The number of nitrogens with zero attached hydrogens (tertiary/aromatic N) is 1. The Balaban J connectivity index is 1.79. The lowest BCUT2D eigenvalue weighted by Crippen LogP contribution is -2.50. The van der Waals surface area contributed by atoms with Gasteiger partial charge >= 0.3 is 18.1 Å². The van der Waals surface area contributed by atoms with Gasteiger partial charge in [0.1, 0.15) is 6.04 Å². The van der Waals surface area contributed by atoms with Crippen LogP contribution in [0, 0.1) is 0 Å². The molecule has 0 spiro atoms. The largest absolute Gasteiger partial charge is 0.492 e. The van der Waals surface area contributed by atoms with E-state index in [4.69, 9.17) is 4.84 Å². The molecule has 1 amide bonds. The van der Waals surface area contributed by atoms with Gasteiger partial charge in [0.05, 0.1) is 0 Å². The van der Waals surface area contributed by atoms with Gasteiger partial charge < -0.3 is 20.4 Å². The summed E-state index contributed by atoms with van der Waals surface area (Å²) in [5.41, 5.74) is 1.06. The van der Waals surface area contributed by atoms with Gasteiger partial charge in [-0.05, 0) is 5.56 Å². The minimum atomic E-state index is -5.26. The second-order valence-electron chi connectivity index (χ2n) is 6.87. The zero-order chi connectivity index (χ0) is 24.2. The average molecular weight is 462 g/mol. The highest BCUT2D eigenvalue weighted by atomic mass is 19.4. The number of alkyl halides is 3. The fourth-order valence-electron chi connectivity index (χ4n) is 2.87. The smallest absolute Gasteiger partial charge is 0.471 e. The third-order valence-corrected chi connectivity index (χ3v) is 4.52. The van der Waals surface area contributed by atoms with Gasteiger partial charge in [0, 0.05) is 29.7 Å². The van der Waals surface area contributed by atoms with Gasteiger partial charge in [-0.2, -0.15) is 13.2 Å². The number of ketones is 1. The van der Waals surface area contributed by atoms with E-state index >= 15 is 0 Å². The Morgan fingerprint density at radius 3 is 1.97 bits per heavy atom. The van der Waals surface area contributed by atoms with Gasteiger partial charge in [0.2, 0.25) is 11.8 Å². The van der Waals surface area contributed by atoms with E-state index < -0.39 is 42.3 Å². The second kappa shape index (κ2) is 9.47. The van der Waals surface area contributed by atoms with E-state index in [0.29, 0.717) is 16.7 Å². The molecule has 33 heavy (non-hydrogen) atoms. The first kappa shape index (κ1) is 23.4. The van der Waals surface area contributed by atoms with E-state index in [9.17, 15) is 37.8 Å². The topological polar surface area (TPSA) is 118 Å². The standard InChI is InChI=1S/C22H17F3N2O6/c23-22(24,25)21(32)26-16(20(31)33-27-17(28)10-11-18(27)29)12-13-6-8-15(9-7-13)19(30)14-4-2-1-3-5-14/h1-11,16,28-29H,12H2,(H,26,32). The average Bonchev–Trinajstić information content (AvgIpc) is 3.10. The van der Waals surface area contributed by atoms with Crippen molar-refractivity contribution in [2.24, 2.45) is 0 Å². The molecule has 1 heterocycles. The molecular formula is C22H17F3N2O6. The Kier molecular flexibility index (Phi) is 6.71. The number of rotatable bonds is 7. The van der Waals surface area contributed by atoms with Crippen molar-refractivity contribution < 1.29 is 42.6 Å². The summed E-state index contributed by atoms with van der Waals surface area (Å²) in [6, 6.07) is 14.2. The second-order valence-corrected chi connectivity index (χ2v) is 6.87. The van der Waals surface area contributed by atoms with Crippen LogP contribution in [0.4, 0.5) is 13.2 Å². The molecule has 0 aliphatic carbocycles. The van der Waals surface area contributed by atoms with Crippen LogP contribution in [-0.4, -0.2) is 44.8 Å². The van der Waals surface area contributed by atoms with Crippen LogP contribution >= 0.6 is 0 Å². The fraction of sp³-hybridized carbons (Fsp3) is 0.136. The van der Waals surface area contributed by atoms with E-state index in [0.717, 1.165) is 12.1 Å². The highest BCUT2D eigenvalue weighted by Gasteiger charge is 2.41. The molecule has 0 aliphatic rings. The Bertz CT molecular complexity index is 1140. The number of carbonyl (C=O) groups excluding carboxylic acids is 3. The minimum absolute atomic E-state index is 0.276. The highest BCUT2D eigenvalue weighted by Crippen LogP contribution is 2.20. The molecule has 0 fully saturated rings. The zero-order valence-electron chi connectivity index (χ0n) is 16.7. The molecule has 3 aromatic rings. The van der Waals surface area contributed by atoms with E-state index in [-0.39, 0.29) is 10.5 Å². The third kappa shape index (κ3) is 5.70. The quantitative estimate of drug-likeness (QED) is 0.464. The number of benzene rings is 2. The van der Waals surface area contributed by atoms with Crippen molar-refractivity contribution in [3.8, 4) is 11.8 Å². The van der Waals surface area contributed by atoms with Gasteiger partial charge in [-0.1, -0.05) is 54.6 Å². The van der Waals surface area contributed by atoms with Crippen molar-refractivity contribution >= 4 is 17.7 Å². The van der Waals surface area contributed by atoms with Crippen LogP contribution in [-0.2, 0) is 16.0 Å². The summed E-state index contributed by atoms with van der Waals surface area (Å²) in [6.07, 6.45) is -5.69. The monoisotopic (exact) mass is 462 g/mol. The molecule has 0 saturated heterocycles. The van der Waals surface area contributed by atoms with Crippen LogP contribution in [0.1, 0.15) is 21.5 Å². The van der Waals surface area contributed by atoms with Crippen LogP contribution in [0.2, 0.25) is 0 Å². The van der Waals surface area contributed by atoms with Crippen molar-refractivity contribution in [3.05, 3.63) is 83.4 Å². The molecule has 1 atom stereocenters. The SMILES string of the molecule is O=C(c1ccccc1)c1ccc(CC(NC(=O)C(F)(F)F)C(=O)On2c(O)ccc2O)cc1. The molecule has 0 radical (unpaired) electrons. The van der Waals surface area contributed by atoms with E-state index in [1.165, 1.54) is 29.6 Å². The van der Waals surface area contributed by atoms with Gasteiger partial charge in [0.15, 0.2) is 5.78 Å². The third-order valence-electron chi connectivity index (χ3n) is 4.52. The minimum Gasteiger partial charge on any atom is -0.492 e. The van der Waals surface area contributed by atoms with Crippen LogP contribution in [0.15, 0.2) is 66.7 Å². The zero-order valence-corrected chi connectivity index (χ0v) is 16.7. The molecule has 3 N–H and O–H groups in total.